The second-order valence-corrected chi connectivity index (χ2v) is 8.38. The van der Waals surface area contributed by atoms with Crippen LogP contribution in [0.15, 0.2) is 23.1 Å². The lowest BCUT2D eigenvalue weighted by atomic mass is 10.0. The van der Waals surface area contributed by atoms with Gasteiger partial charge in [0.05, 0.1) is 6.04 Å². The number of nitrogens with zero attached hydrogens (tertiary/aromatic N) is 1. The zero-order valence-corrected chi connectivity index (χ0v) is 16.1. The van der Waals surface area contributed by atoms with Gasteiger partial charge in [-0.15, -0.1) is 11.8 Å². The number of thioether (sulfide) groups is 1. The molecule has 142 valence electrons. The molecule has 1 unspecified atom stereocenters. The molecule has 2 heterocycles. The van der Waals surface area contributed by atoms with Crippen LogP contribution in [0.1, 0.15) is 44.7 Å². The molecule has 2 N–H and O–H groups in total. The van der Waals surface area contributed by atoms with E-state index in [1.165, 1.54) is 12.1 Å². The zero-order chi connectivity index (χ0) is 18.7. The fraction of sp³-hybridized carbons (Fsp3) is 0.579. The van der Waals surface area contributed by atoms with Crippen LogP contribution in [0.25, 0.3) is 0 Å². The van der Waals surface area contributed by atoms with Crippen LogP contribution in [0.5, 0.6) is 0 Å². The summed E-state index contributed by atoms with van der Waals surface area (Å²) in [7, 11) is 0. The summed E-state index contributed by atoms with van der Waals surface area (Å²) in [5.74, 6) is 0.804. The van der Waals surface area contributed by atoms with Gasteiger partial charge in [0.1, 0.15) is 5.82 Å². The SMILES string of the molecule is CC(C)C(=O)N1CCC(NC(=O)NC2CCSc3ccc(F)cc32)CC1. The Morgan fingerprint density at radius 3 is 2.62 bits per heavy atom. The van der Waals surface area contributed by atoms with Crippen LogP contribution in [-0.4, -0.2) is 41.7 Å². The van der Waals surface area contributed by atoms with E-state index in [1.807, 2.05) is 18.7 Å². The van der Waals surface area contributed by atoms with E-state index in [0.29, 0.717) is 13.1 Å². The molecule has 0 radical (unpaired) electrons. The number of hydrogen-bond acceptors (Lipinski definition) is 3. The van der Waals surface area contributed by atoms with Gasteiger partial charge in [0.15, 0.2) is 0 Å². The average Bonchev–Trinajstić information content (AvgIpc) is 2.62. The highest BCUT2D eigenvalue weighted by Gasteiger charge is 2.27. The zero-order valence-electron chi connectivity index (χ0n) is 15.3. The van der Waals surface area contributed by atoms with E-state index < -0.39 is 0 Å². The Morgan fingerprint density at radius 2 is 1.92 bits per heavy atom. The first kappa shape index (κ1) is 19.0. The molecule has 1 fully saturated rings. The van der Waals surface area contributed by atoms with Crippen LogP contribution in [0.4, 0.5) is 9.18 Å². The number of hydrogen-bond donors (Lipinski definition) is 2. The summed E-state index contributed by atoms with van der Waals surface area (Å²) >= 11 is 1.69. The summed E-state index contributed by atoms with van der Waals surface area (Å²) in [4.78, 5) is 27.3. The van der Waals surface area contributed by atoms with Gasteiger partial charge in [-0.05, 0) is 43.0 Å². The minimum absolute atomic E-state index is 0.00689. The molecule has 7 heteroatoms. The summed E-state index contributed by atoms with van der Waals surface area (Å²) < 4.78 is 13.6. The molecule has 0 aliphatic carbocycles. The molecule has 1 saturated heterocycles. The normalized spacial score (nSPS) is 20.6. The number of urea groups is 1. The second-order valence-electron chi connectivity index (χ2n) is 7.24. The molecule has 5 nitrogen and oxygen atoms in total. The maximum absolute atomic E-state index is 13.6. The highest BCUT2D eigenvalue weighted by molar-refractivity contribution is 7.99. The van der Waals surface area contributed by atoms with Gasteiger partial charge in [-0.3, -0.25) is 4.79 Å². The molecule has 0 bridgehead atoms. The highest BCUT2D eigenvalue weighted by Crippen LogP contribution is 2.36. The molecule has 2 aliphatic rings. The standard InChI is InChI=1S/C19H26FN3O2S/c1-12(2)18(24)23-8-5-14(6-9-23)21-19(25)22-16-7-10-26-17-4-3-13(20)11-15(16)17/h3-4,11-12,14,16H,5-10H2,1-2H3,(H2,21,22,25). The number of carbonyl (C=O) groups excluding carboxylic acids is 2. The maximum atomic E-state index is 13.6. The monoisotopic (exact) mass is 379 g/mol. The minimum Gasteiger partial charge on any atom is -0.342 e. The van der Waals surface area contributed by atoms with Gasteiger partial charge >= 0.3 is 6.03 Å². The summed E-state index contributed by atoms with van der Waals surface area (Å²) in [5.41, 5.74) is 0.855. The Balaban J connectivity index is 1.52. The van der Waals surface area contributed by atoms with Crippen LogP contribution >= 0.6 is 11.8 Å². The molecule has 1 aromatic carbocycles. The van der Waals surface area contributed by atoms with Crippen molar-refractivity contribution in [1.82, 2.24) is 15.5 Å². The van der Waals surface area contributed by atoms with Gasteiger partial charge in [-0.1, -0.05) is 13.8 Å². The Kier molecular flexibility index (Phi) is 6.06. The van der Waals surface area contributed by atoms with Crippen molar-refractivity contribution >= 4 is 23.7 Å². The van der Waals surface area contributed by atoms with Crippen molar-refractivity contribution in [2.45, 2.75) is 50.1 Å². The lowest BCUT2D eigenvalue weighted by Gasteiger charge is -2.34. The van der Waals surface area contributed by atoms with Gasteiger partial charge < -0.3 is 15.5 Å². The maximum Gasteiger partial charge on any atom is 0.315 e. The molecule has 3 amide bonds. The highest BCUT2D eigenvalue weighted by atomic mass is 32.2. The molecule has 0 aromatic heterocycles. The Morgan fingerprint density at radius 1 is 1.19 bits per heavy atom. The average molecular weight is 380 g/mol. The minimum atomic E-state index is -0.277. The van der Waals surface area contributed by atoms with Crippen molar-refractivity contribution in [1.29, 1.82) is 0 Å². The third kappa shape index (κ3) is 4.50. The fourth-order valence-electron chi connectivity index (χ4n) is 3.51. The molecule has 1 aromatic rings. The Labute approximate surface area is 158 Å². The summed E-state index contributed by atoms with van der Waals surface area (Å²) in [6.07, 6.45) is 2.31. The largest absolute Gasteiger partial charge is 0.342 e. The van der Waals surface area contributed by atoms with Crippen molar-refractivity contribution in [3.05, 3.63) is 29.6 Å². The van der Waals surface area contributed by atoms with Crippen molar-refractivity contribution in [2.24, 2.45) is 5.92 Å². The predicted octanol–water partition coefficient (Wildman–Crippen LogP) is 3.31. The first-order valence-corrected chi connectivity index (χ1v) is 10.2. The van der Waals surface area contributed by atoms with E-state index in [2.05, 4.69) is 10.6 Å². The fourth-order valence-corrected chi connectivity index (χ4v) is 4.62. The van der Waals surface area contributed by atoms with Crippen LogP contribution < -0.4 is 10.6 Å². The lowest BCUT2D eigenvalue weighted by molar-refractivity contribution is -0.135. The van der Waals surface area contributed by atoms with Crippen molar-refractivity contribution in [2.75, 3.05) is 18.8 Å². The molecule has 2 aliphatic heterocycles. The van der Waals surface area contributed by atoms with Crippen LogP contribution in [0, 0.1) is 11.7 Å². The number of nitrogens with one attached hydrogen (secondary N) is 2. The number of fused-ring (bicyclic) bond motifs is 1. The molecular formula is C19H26FN3O2S. The van der Waals surface area contributed by atoms with Crippen molar-refractivity contribution in [3.8, 4) is 0 Å². The molecular weight excluding hydrogens is 353 g/mol. The van der Waals surface area contributed by atoms with E-state index in [1.54, 1.807) is 17.8 Å². The van der Waals surface area contributed by atoms with E-state index in [-0.39, 0.29) is 35.8 Å². The Hall–Kier alpha value is -1.76. The van der Waals surface area contributed by atoms with Gasteiger partial charge in [0.25, 0.3) is 0 Å². The molecule has 0 spiro atoms. The first-order chi connectivity index (χ1) is 12.4. The van der Waals surface area contributed by atoms with E-state index in [0.717, 1.165) is 35.5 Å². The number of carbonyl (C=O) groups is 2. The van der Waals surface area contributed by atoms with Crippen molar-refractivity contribution < 1.29 is 14.0 Å². The molecule has 26 heavy (non-hydrogen) atoms. The number of rotatable bonds is 3. The van der Waals surface area contributed by atoms with Crippen LogP contribution in [-0.2, 0) is 4.79 Å². The van der Waals surface area contributed by atoms with E-state index >= 15 is 0 Å². The summed E-state index contributed by atoms with van der Waals surface area (Å²) in [5, 5.41) is 6.00. The third-order valence-electron chi connectivity index (χ3n) is 4.95. The number of likely N-dealkylation sites (tertiary alicyclic amines) is 1. The number of piperidine rings is 1. The van der Waals surface area contributed by atoms with Gasteiger partial charge in [0.2, 0.25) is 5.91 Å². The predicted molar refractivity (Wildman–Crippen MR) is 101 cm³/mol. The quantitative estimate of drug-likeness (QED) is 0.847. The summed E-state index contributed by atoms with van der Waals surface area (Å²) in [6, 6.07) is 4.44. The van der Waals surface area contributed by atoms with Gasteiger partial charge in [0, 0.05) is 35.7 Å². The number of benzene rings is 1. The van der Waals surface area contributed by atoms with Crippen molar-refractivity contribution in [3.63, 3.8) is 0 Å². The van der Waals surface area contributed by atoms with Crippen LogP contribution in [0.3, 0.4) is 0 Å². The first-order valence-electron chi connectivity index (χ1n) is 9.22. The molecule has 3 rings (SSSR count). The molecule has 0 saturated carbocycles. The third-order valence-corrected chi connectivity index (χ3v) is 6.08. The van der Waals surface area contributed by atoms with Gasteiger partial charge in [-0.2, -0.15) is 0 Å². The van der Waals surface area contributed by atoms with E-state index in [4.69, 9.17) is 0 Å². The van der Waals surface area contributed by atoms with Crippen LogP contribution in [0.2, 0.25) is 0 Å². The topological polar surface area (TPSA) is 61.4 Å². The number of halogens is 1. The smallest absolute Gasteiger partial charge is 0.315 e. The summed E-state index contributed by atoms with van der Waals surface area (Å²) in [6.45, 7) is 5.17. The van der Waals surface area contributed by atoms with E-state index in [9.17, 15) is 14.0 Å². The molecule has 1 atom stereocenters. The lowest BCUT2D eigenvalue weighted by Crippen LogP contribution is -2.50. The Bertz CT molecular complexity index is 675. The van der Waals surface area contributed by atoms with Gasteiger partial charge in [-0.25, -0.2) is 9.18 Å². The number of amides is 3. The second kappa shape index (κ2) is 8.29.